The first-order valence-electron chi connectivity index (χ1n) is 5.42. The highest BCUT2D eigenvalue weighted by Crippen LogP contribution is 2.21. The maximum Gasteiger partial charge on any atom is 0.328 e. The van der Waals surface area contributed by atoms with Gasteiger partial charge in [-0.2, -0.15) is 5.10 Å². The molecule has 0 bridgehead atoms. The Kier molecular flexibility index (Phi) is 3.23. The van der Waals surface area contributed by atoms with Gasteiger partial charge in [-0.25, -0.2) is 4.79 Å². The van der Waals surface area contributed by atoms with Crippen LogP contribution in [0.15, 0.2) is 36.9 Å². The number of pyridine rings is 1. The largest absolute Gasteiger partial charge is 0.478 e. The molecular formula is C13H13N3O2. The minimum atomic E-state index is -0.959. The lowest BCUT2D eigenvalue weighted by Gasteiger charge is -2.02. The minimum Gasteiger partial charge on any atom is -0.478 e. The van der Waals surface area contributed by atoms with E-state index in [2.05, 4.69) is 10.1 Å². The van der Waals surface area contributed by atoms with Gasteiger partial charge in [0.05, 0.1) is 6.20 Å². The average Bonchev–Trinajstić information content (AvgIpc) is 2.75. The van der Waals surface area contributed by atoms with Gasteiger partial charge >= 0.3 is 5.97 Å². The Hall–Kier alpha value is -2.43. The third-order valence-corrected chi connectivity index (χ3v) is 2.57. The van der Waals surface area contributed by atoms with E-state index < -0.39 is 5.97 Å². The van der Waals surface area contributed by atoms with E-state index >= 15 is 0 Å². The van der Waals surface area contributed by atoms with Crippen LogP contribution in [0.2, 0.25) is 0 Å². The minimum absolute atomic E-state index is 0.667. The van der Waals surface area contributed by atoms with E-state index in [4.69, 9.17) is 5.11 Å². The fourth-order valence-corrected chi connectivity index (χ4v) is 1.65. The van der Waals surface area contributed by atoms with Gasteiger partial charge in [0.1, 0.15) is 0 Å². The lowest BCUT2D eigenvalue weighted by Crippen LogP contribution is -1.91. The number of carboxylic acids is 1. The third-order valence-electron chi connectivity index (χ3n) is 2.57. The van der Waals surface area contributed by atoms with Gasteiger partial charge in [0.2, 0.25) is 0 Å². The Morgan fingerprint density at radius 1 is 1.33 bits per heavy atom. The molecule has 92 valence electrons. The van der Waals surface area contributed by atoms with E-state index in [1.54, 1.807) is 30.2 Å². The van der Waals surface area contributed by atoms with Crippen LogP contribution in [-0.2, 0) is 11.8 Å². The number of carboxylic acid groups (broad SMARTS) is 1. The van der Waals surface area contributed by atoms with Crippen molar-refractivity contribution < 1.29 is 9.90 Å². The summed E-state index contributed by atoms with van der Waals surface area (Å²) in [5.74, 6) is -0.959. The molecule has 5 nitrogen and oxygen atoms in total. The molecule has 18 heavy (non-hydrogen) atoms. The lowest BCUT2D eigenvalue weighted by atomic mass is 10.1. The second kappa shape index (κ2) is 4.83. The second-order valence-corrected chi connectivity index (χ2v) is 4.03. The van der Waals surface area contributed by atoms with Crippen LogP contribution in [0, 0.1) is 0 Å². The van der Waals surface area contributed by atoms with E-state index in [1.165, 1.54) is 6.08 Å². The van der Waals surface area contributed by atoms with Gasteiger partial charge in [-0.05, 0) is 24.1 Å². The summed E-state index contributed by atoms with van der Waals surface area (Å²) in [6.07, 6.45) is 8.18. The summed E-state index contributed by atoms with van der Waals surface area (Å²) in [7, 11) is 1.84. The molecule has 2 aromatic rings. The third kappa shape index (κ3) is 2.63. The van der Waals surface area contributed by atoms with E-state index in [0.717, 1.165) is 16.7 Å². The summed E-state index contributed by atoms with van der Waals surface area (Å²) in [4.78, 5) is 14.8. The number of hydrogen-bond acceptors (Lipinski definition) is 3. The fraction of sp³-hybridized carbons (Fsp3) is 0.154. The number of hydrogen-bond donors (Lipinski definition) is 1. The molecule has 1 N–H and O–H groups in total. The molecule has 2 aromatic heterocycles. The van der Waals surface area contributed by atoms with Crippen LogP contribution in [0.4, 0.5) is 0 Å². The predicted octanol–water partition coefficient (Wildman–Crippen LogP) is 1.97. The molecule has 2 heterocycles. The van der Waals surface area contributed by atoms with Crippen molar-refractivity contribution in [1.29, 1.82) is 0 Å². The summed E-state index contributed by atoms with van der Waals surface area (Å²) in [6.45, 7) is 1.75. The molecule has 0 aromatic carbocycles. The van der Waals surface area contributed by atoms with Crippen molar-refractivity contribution in [2.24, 2.45) is 7.05 Å². The van der Waals surface area contributed by atoms with E-state index in [9.17, 15) is 4.79 Å². The summed E-state index contributed by atoms with van der Waals surface area (Å²) < 4.78 is 1.71. The normalized spacial score (nSPS) is 11.6. The van der Waals surface area contributed by atoms with Crippen LogP contribution in [0.25, 0.3) is 16.7 Å². The van der Waals surface area contributed by atoms with Gasteiger partial charge in [0.15, 0.2) is 0 Å². The first-order valence-corrected chi connectivity index (χ1v) is 5.42. The Labute approximate surface area is 104 Å². The van der Waals surface area contributed by atoms with Crippen LogP contribution >= 0.6 is 0 Å². The van der Waals surface area contributed by atoms with Crippen LogP contribution in [0.1, 0.15) is 12.5 Å². The number of aliphatic carboxylic acids is 1. The first-order chi connectivity index (χ1) is 8.56. The molecule has 0 saturated heterocycles. The molecule has 0 atom stereocenters. The number of allylic oxidation sites excluding steroid dienone is 1. The highest BCUT2D eigenvalue weighted by atomic mass is 16.4. The first kappa shape index (κ1) is 12.0. The van der Waals surface area contributed by atoms with Crippen molar-refractivity contribution in [3.63, 3.8) is 0 Å². The SMILES string of the molecule is C/C(=C\C(=O)O)c1cncc(-c2cnn(C)c2)c1. The molecule has 0 radical (unpaired) electrons. The predicted molar refractivity (Wildman–Crippen MR) is 67.7 cm³/mol. The van der Waals surface area contributed by atoms with Crippen molar-refractivity contribution in [3.05, 3.63) is 42.5 Å². The van der Waals surface area contributed by atoms with Crippen molar-refractivity contribution in [1.82, 2.24) is 14.8 Å². The number of nitrogens with zero attached hydrogens (tertiary/aromatic N) is 3. The maximum atomic E-state index is 10.6. The molecule has 5 heteroatoms. The van der Waals surface area contributed by atoms with E-state index in [0.29, 0.717) is 5.57 Å². The van der Waals surface area contributed by atoms with Gasteiger partial charge in [-0.3, -0.25) is 9.67 Å². The van der Waals surface area contributed by atoms with Crippen molar-refractivity contribution in [2.75, 3.05) is 0 Å². The lowest BCUT2D eigenvalue weighted by molar-refractivity contribution is -0.131. The molecule has 0 spiro atoms. The molecule has 0 aliphatic carbocycles. The van der Waals surface area contributed by atoms with E-state index in [1.807, 2.05) is 19.3 Å². The molecular weight excluding hydrogens is 230 g/mol. The molecule has 0 fully saturated rings. The van der Waals surface area contributed by atoms with Crippen LogP contribution in [-0.4, -0.2) is 25.8 Å². The second-order valence-electron chi connectivity index (χ2n) is 4.03. The molecule has 0 aliphatic heterocycles. The fourth-order valence-electron chi connectivity index (χ4n) is 1.65. The van der Waals surface area contributed by atoms with Crippen molar-refractivity contribution >= 4 is 11.5 Å². The zero-order valence-electron chi connectivity index (χ0n) is 10.2. The topological polar surface area (TPSA) is 68.0 Å². The summed E-state index contributed by atoms with van der Waals surface area (Å²) in [6, 6.07) is 1.90. The van der Waals surface area contributed by atoms with Crippen LogP contribution < -0.4 is 0 Å². The summed E-state index contributed by atoms with van der Waals surface area (Å²) in [5.41, 5.74) is 3.33. The highest BCUT2D eigenvalue weighted by molar-refractivity contribution is 5.89. The summed E-state index contributed by atoms with van der Waals surface area (Å²) >= 11 is 0. The van der Waals surface area contributed by atoms with E-state index in [-0.39, 0.29) is 0 Å². The molecule has 0 saturated carbocycles. The number of rotatable bonds is 3. The maximum absolute atomic E-state index is 10.6. The zero-order chi connectivity index (χ0) is 13.1. The van der Waals surface area contributed by atoms with Gasteiger partial charge in [-0.15, -0.1) is 0 Å². The van der Waals surface area contributed by atoms with Crippen LogP contribution in [0.5, 0.6) is 0 Å². The smallest absolute Gasteiger partial charge is 0.328 e. The average molecular weight is 243 g/mol. The number of aryl methyl sites for hydroxylation is 1. The van der Waals surface area contributed by atoms with Gasteiger partial charge in [0, 0.05) is 42.8 Å². The Morgan fingerprint density at radius 3 is 2.72 bits per heavy atom. The summed E-state index contributed by atoms with van der Waals surface area (Å²) in [5, 5.41) is 12.8. The quantitative estimate of drug-likeness (QED) is 0.837. The number of aromatic nitrogens is 3. The Bertz CT molecular complexity index is 614. The van der Waals surface area contributed by atoms with Gasteiger partial charge in [-0.1, -0.05) is 0 Å². The monoisotopic (exact) mass is 243 g/mol. The molecule has 0 unspecified atom stereocenters. The van der Waals surface area contributed by atoms with Crippen molar-refractivity contribution in [3.8, 4) is 11.1 Å². The molecule has 0 aliphatic rings. The van der Waals surface area contributed by atoms with Gasteiger partial charge < -0.3 is 5.11 Å². The Balaban J connectivity index is 2.39. The zero-order valence-corrected chi connectivity index (χ0v) is 10.2. The molecule has 2 rings (SSSR count). The van der Waals surface area contributed by atoms with Gasteiger partial charge in [0.25, 0.3) is 0 Å². The molecule has 0 amide bonds. The van der Waals surface area contributed by atoms with Crippen molar-refractivity contribution in [2.45, 2.75) is 6.92 Å². The standard InChI is InChI=1S/C13H13N3O2/c1-9(3-13(17)18)10-4-11(6-14-5-10)12-7-15-16(2)8-12/h3-8H,1-2H3,(H,17,18)/b9-3+. The number of carbonyl (C=O) groups is 1. The Morgan fingerprint density at radius 2 is 2.11 bits per heavy atom. The highest BCUT2D eigenvalue weighted by Gasteiger charge is 2.04. The van der Waals surface area contributed by atoms with Crippen LogP contribution in [0.3, 0.4) is 0 Å².